The highest BCUT2D eigenvalue weighted by atomic mass is 32.2. The van der Waals surface area contributed by atoms with E-state index in [4.69, 9.17) is 0 Å². The smallest absolute Gasteiger partial charge is 0.319 e. The van der Waals surface area contributed by atoms with E-state index in [1.54, 1.807) is 17.4 Å². The standard InChI is InChI=1S/C15H19N3O3S2/c1-9(2)14-18-12-4-3-10(7-13(12)22-14)16-15(19)17-11-5-6-23(20,21)8-11/h3-4,7,9,11H,5-6,8H2,1-2H3,(H2,16,17,19). The first-order chi connectivity index (χ1) is 10.8. The van der Waals surface area contributed by atoms with Crippen LogP contribution in [0.2, 0.25) is 0 Å². The van der Waals surface area contributed by atoms with Gasteiger partial charge in [0.1, 0.15) is 0 Å². The van der Waals surface area contributed by atoms with Gasteiger partial charge in [-0.2, -0.15) is 0 Å². The molecule has 3 rings (SSSR count). The molecule has 8 heteroatoms. The van der Waals surface area contributed by atoms with Crippen LogP contribution in [-0.2, 0) is 9.84 Å². The lowest BCUT2D eigenvalue weighted by Gasteiger charge is -2.12. The van der Waals surface area contributed by atoms with Crippen molar-refractivity contribution in [3.05, 3.63) is 23.2 Å². The first-order valence-electron chi connectivity index (χ1n) is 7.51. The van der Waals surface area contributed by atoms with E-state index >= 15 is 0 Å². The number of hydrogen-bond acceptors (Lipinski definition) is 5. The molecule has 0 spiro atoms. The van der Waals surface area contributed by atoms with E-state index in [-0.39, 0.29) is 23.6 Å². The Morgan fingerprint density at radius 2 is 2.17 bits per heavy atom. The number of fused-ring (bicyclic) bond motifs is 1. The lowest BCUT2D eigenvalue weighted by Crippen LogP contribution is -2.38. The third-order valence-electron chi connectivity index (χ3n) is 3.72. The second-order valence-electron chi connectivity index (χ2n) is 6.09. The Balaban J connectivity index is 1.67. The van der Waals surface area contributed by atoms with Gasteiger partial charge in [-0.25, -0.2) is 18.2 Å². The number of nitrogens with one attached hydrogen (secondary N) is 2. The van der Waals surface area contributed by atoms with Crippen molar-refractivity contribution in [3.8, 4) is 0 Å². The fourth-order valence-electron chi connectivity index (χ4n) is 2.53. The molecule has 2 N–H and O–H groups in total. The SMILES string of the molecule is CC(C)c1nc2ccc(NC(=O)NC3CCS(=O)(=O)C3)cc2s1. The lowest BCUT2D eigenvalue weighted by molar-refractivity contribution is 0.249. The Morgan fingerprint density at radius 1 is 1.39 bits per heavy atom. The average Bonchev–Trinajstić information content (AvgIpc) is 3.01. The van der Waals surface area contributed by atoms with Gasteiger partial charge in [-0.1, -0.05) is 13.8 Å². The van der Waals surface area contributed by atoms with Crippen LogP contribution in [0.3, 0.4) is 0 Å². The van der Waals surface area contributed by atoms with Gasteiger partial charge in [0.25, 0.3) is 0 Å². The second kappa shape index (κ2) is 6.09. The molecule has 6 nitrogen and oxygen atoms in total. The van der Waals surface area contributed by atoms with Crippen LogP contribution in [0.4, 0.5) is 10.5 Å². The van der Waals surface area contributed by atoms with Crippen LogP contribution in [0, 0.1) is 0 Å². The number of benzene rings is 1. The Hall–Kier alpha value is -1.67. The summed E-state index contributed by atoms with van der Waals surface area (Å²) in [5.74, 6) is 0.533. The van der Waals surface area contributed by atoms with Crippen LogP contribution >= 0.6 is 11.3 Å². The van der Waals surface area contributed by atoms with Crippen molar-refractivity contribution in [3.63, 3.8) is 0 Å². The van der Waals surface area contributed by atoms with Crippen molar-refractivity contribution >= 4 is 43.1 Å². The molecule has 2 heterocycles. The van der Waals surface area contributed by atoms with Crippen LogP contribution < -0.4 is 10.6 Å². The van der Waals surface area contributed by atoms with Crippen molar-refractivity contribution in [2.24, 2.45) is 0 Å². The Bertz CT molecular complexity index is 843. The molecular formula is C15H19N3O3S2. The zero-order valence-corrected chi connectivity index (χ0v) is 14.6. The van der Waals surface area contributed by atoms with E-state index in [1.165, 1.54) is 0 Å². The topological polar surface area (TPSA) is 88.2 Å². The molecule has 0 bridgehead atoms. The molecule has 0 saturated carbocycles. The van der Waals surface area contributed by atoms with Crippen molar-refractivity contribution in [1.82, 2.24) is 10.3 Å². The van der Waals surface area contributed by atoms with E-state index in [1.807, 2.05) is 12.1 Å². The summed E-state index contributed by atoms with van der Waals surface area (Å²) in [5, 5.41) is 6.54. The number of sulfone groups is 1. The van der Waals surface area contributed by atoms with E-state index < -0.39 is 9.84 Å². The van der Waals surface area contributed by atoms with Crippen LogP contribution in [0.25, 0.3) is 10.2 Å². The number of thiazole rings is 1. The minimum absolute atomic E-state index is 0.0199. The van der Waals surface area contributed by atoms with E-state index in [0.717, 1.165) is 15.2 Å². The van der Waals surface area contributed by atoms with Crippen molar-refractivity contribution in [1.29, 1.82) is 0 Å². The molecule has 23 heavy (non-hydrogen) atoms. The maximum Gasteiger partial charge on any atom is 0.319 e. The summed E-state index contributed by atoms with van der Waals surface area (Å²) >= 11 is 1.62. The summed E-state index contributed by atoms with van der Waals surface area (Å²) in [6.45, 7) is 4.19. The van der Waals surface area contributed by atoms with Crippen LogP contribution in [0.5, 0.6) is 0 Å². The minimum Gasteiger partial charge on any atom is -0.334 e. The number of urea groups is 1. The van der Waals surface area contributed by atoms with Gasteiger partial charge in [-0.05, 0) is 24.6 Å². The third-order valence-corrected chi connectivity index (χ3v) is 6.81. The van der Waals surface area contributed by atoms with Gasteiger partial charge in [0.15, 0.2) is 9.84 Å². The molecule has 1 unspecified atom stereocenters. The van der Waals surface area contributed by atoms with Crippen molar-refractivity contribution in [2.45, 2.75) is 32.2 Å². The first kappa shape index (κ1) is 16.2. The maximum absolute atomic E-state index is 12.0. The molecule has 0 radical (unpaired) electrons. The third kappa shape index (κ3) is 3.81. The molecule has 1 aliphatic heterocycles. The summed E-state index contributed by atoms with van der Waals surface area (Å²) in [6, 6.07) is 4.90. The average molecular weight is 353 g/mol. The fraction of sp³-hybridized carbons (Fsp3) is 0.467. The molecule has 2 aromatic rings. The Kier molecular flexibility index (Phi) is 4.29. The van der Waals surface area contributed by atoms with Crippen molar-refractivity contribution < 1.29 is 13.2 Å². The van der Waals surface area contributed by atoms with E-state index in [0.29, 0.717) is 18.0 Å². The second-order valence-corrected chi connectivity index (χ2v) is 9.38. The highest BCUT2D eigenvalue weighted by molar-refractivity contribution is 7.91. The Morgan fingerprint density at radius 3 is 2.83 bits per heavy atom. The molecular weight excluding hydrogens is 334 g/mol. The molecule has 0 aliphatic carbocycles. The highest BCUT2D eigenvalue weighted by Gasteiger charge is 2.28. The summed E-state index contributed by atoms with van der Waals surface area (Å²) in [7, 11) is -3.00. The van der Waals surface area contributed by atoms with Crippen molar-refractivity contribution in [2.75, 3.05) is 16.8 Å². The van der Waals surface area contributed by atoms with Gasteiger partial charge in [0.05, 0.1) is 26.7 Å². The van der Waals surface area contributed by atoms with Crippen LogP contribution in [0.1, 0.15) is 31.2 Å². The molecule has 1 atom stereocenters. The lowest BCUT2D eigenvalue weighted by atomic mass is 10.2. The van der Waals surface area contributed by atoms with Gasteiger partial charge in [0.2, 0.25) is 0 Å². The number of anilines is 1. The minimum atomic E-state index is -3.00. The summed E-state index contributed by atoms with van der Waals surface area (Å²) in [5.41, 5.74) is 1.60. The fourth-order valence-corrected chi connectivity index (χ4v) is 5.21. The molecule has 2 amide bonds. The van der Waals surface area contributed by atoms with Crippen LogP contribution in [-0.4, -0.2) is 37.0 Å². The molecule has 1 aromatic heterocycles. The zero-order valence-electron chi connectivity index (χ0n) is 13.0. The molecule has 1 aliphatic rings. The maximum atomic E-state index is 12.0. The number of rotatable bonds is 3. The quantitative estimate of drug-likeness (QED) is 0.888. The largest absolute Gasteiger partial charge is 0.334 e. The normalized spacial score (nSPS) is 20.0. The van der Waals surface area contributed by atoms with Gasteiger partial charge >= 0.3 is 6.03 Å². The van der Waals surface area contributed by atoms with Gasteiger partial charge < -0.3 is 10.6 Å². The predicted molar refractivity (Wildman–Crippen MR) is 92.9 cm³/mol. The van der Waals surface area contributed by atoms with E-state index in [2.05, 4.69) is 29.5 Å². The zero-order chi connectivity index (χ0) is 16.6. The number of carbonyl (C=O) groups excluding carboxylic acids is 1. The predicted octanol–water partition coefficient (Wildman–Crippen LogP) is 2.73. The number of carbonyl (C=O) groups is 1. The summed E-state index contributed by atoms with van der Waals surface area (Å²) < 4.78 is 23.8. The van der Waals surface area contributed by atoms with Gasteiger partial charge in [-0.15, -0.1) is 11.3 Å². The van der Waals surface area contributed by atoms with Gasteiger partial charge in [-0.3, -0.25) is 0 Å². The van der Waals surface area contributed by atoms with Crippen LogP contribution in [0.15, 0.2) is 18.2 Å². The molecule has 124 valence electrons. The highest BCUT2D eigenvalue weighted by Crippen LogP contribution is 2.29. The van der Waals surface area contributed by atoms with Gasteiger partial charge in [0, 0.05) is 17.6 Å². The number of amides is 2. The number of hydrogen-bond donors (Lipinski definition) is 2. The molecule has 1 aromatic carbocycles. The Labute approximate surface area is 139 Å². The first-order valence-corrected chi connectivity index (χ1v) is 10.1. The summed E-state index contributed by atoms with van der Waals surface area (Å²) in [4.78, 5) is 16.6. The molecule has 1 fully saturated rings. The summed E-state index contributed by atoms with van der Waals surface area (Å²) in [6.07, 6.45) is 0.474. The monoisotopic (exact) mass is 353 g/mol. The molecule has 1 saturated heterocycles. The number of aromatic nitrogens is 1. The number of nitrogens with zero attached hydrogens (tertiary/aromatic N) is 1. The van der Waals surface area contributed by atoms with E-state index in [9.17, 15) is 13.2 Å².